The second-order valence-corrected chi connectivity index (χ2v) is 6.52. The first kappa shape index (κ1) is 16.5. The zero-order valence-electron chi connectivity index (χ0n) is 14.0. The van der Waals surface area contributed by atoms with E-state index in [1.807, 2.05) is 4.90 Å². The van der Waals surface area contributed by atoms with Crippen LogP contribution in [0.2, 0.25) is 0 Å². The lowest BCUT2D eigenvalue weighted by Crippen LogP contribution is -2.43. The van der Waals surface area contributed by atoms with Gasteiger partial charge in [-0.2, -0.15) is 0 Å². The average molecular weight is 331 g/mol. The Balaban J connectivity index is 1.83. The standard InChI is InChI=1S/C17H22FN5O/c1-12-7-9-22(10-8-12)17(24)16(23-13(2)19-20-21-23)11-14-3-5-15(18)6-4-14/h3-6,12,16H,7-11H2,1-2H3/t16-/m0/s1. The molecule has 1 aliphatic rings. The van der Waals surface area contributed by atoms with E-state index in [1.54, 1.807) is 23.7 Å². The number of amides is 1. The summed E-state index contributed by atoms with van der Waals surface area (Å²) in [5.41, 5.74) is 0.884. The number of piperidine rings is 1. The third-order valence-electron chi connectivity index (χ3n) is 4.68. The van der Waals surface area contributed by atoms with Crippen LogP contribution in [-0.2, 0) is 11.2 Å². The molecule has 0 bridgehead atoms. The molecule has 1 aromatic heterocycles. The summed E-state index contributed by atoms with van der Waals surface area (Å²) >= 11 is 0. The van der Waals surface area contributed by atoms with Gasteiger partial charge >= 0.3 is 0 Å². The topological polar surface area (TPSA) is 63.9 Å². The van der Waals surface area contributed by atoms with Gasteiger partial charge in [-0.1, -0.05) is 19.1 Å². The number of hydrogen-bond acceptors (Lipinski definition) is 4. The quantitative estimate of drug-likeness (QED) is 0.861. The summed E-state index contributed by atoms with van der Waals surface area (Å²) in [4.78, 5) is 15.0. The number of likely N-dealkylation sites (tertiary alicyclic amines) is 1. The highest BCUT2D eigenvalue weighted by molar-refractivity contribution is 5.80. The Morgan fingerprint density at radius 1 is 1.29 bits per heavy atom. The lowest BCUT2D eigenvalue weighted by Gasteiger charge is -2.33. The number of carbonyl (C=O) groups is 1. The molecule has 1 aromatic carbocycles. The van der Waals surface area contributed by atoms with Crippen LogP contribution in [0.5, 0.6) is 0 Å². The largest absolute Gasteiger partial charge is 0.341 e. The van der Waals surface area contributed by atoms with Gasteiger partial charge in [-0.05, 0) is 53.8 Å². The molecule has 2 aromatic rings. The van der Waals surface area contributed by atoms with Crippen molar-refractivity contribution >= 4 is 5.91 Å². The fraction of sp³-hybridized carbons (Fsp3) is 0.529. The highest BCUT2D eigenvalue weighted by atomic mass is 19.1. The molecule has 1 atom stereocenters. The van der Waals surface area contributed by atoms with Crippen molar-refractivity contribution in [3.8, 4) is 0 Å². The summed E-state index contributed by atoms with van der Waals surface area (Å²) in [6.07, 6.45) is 2.48. The Morgan fingerprint density at radius 2 is 1.96 bits per heavy atom. The third kappa shape index (κ3) is 3.60. The third-order valence-corrected chi connectivity index (χ3v) is 4.68. The molecule has 7 heteroatoms. The summed E-state index contributed by atoms with van der Waals surface area (Å²) in [6, 6.07) is 5.72. The van der Waals surface area contributed by atoms with E-state index >= 15 is 0 Å². The Morgan fingerprint density at radius 3 is 2.54 bits per heavy atom. The van der Waals surface area contributed by atoms with Gasteiger partial charge in [-0.3, -0.25) is 4.79 Å². The van der Waals surface area contributed by atoms with Crippen molar-refractivity contribution in [2.75, 3.05) is 13.1 Å². The van der Waals surface area contributed by atoms with Crippen LogP contribution in [0.25, 0.3) is 0 Å². The number of aryl methyl sites for hydroxylation is 1. The van der Waals surface area contributed by atoms with Gasteiger partial charge in [0.25, 0.3) is 0 Å². The predicted octanol–water partition coefficient (Wildman–Crippen LogP) is 2.16. The number of aromatic nitrogens is 4. The van der Waals surface area contributed by atoms with E-state index < -0.39 is 6.04 Å². The number of tetrazole rings is 1. The van der Waals surface area contributed by atoms with E-state index in [0.29, 0.717) is 18.2 Å². The summed E-state index contributed by atoms with van der Waals surface area (Å²) in [5, 5.41) is 11.6. The number of rotatable bonds is 4. The van der Waals surface area contributed by atoms with E-state index in [-0.39, 0.29) is 11.7 Å². The second-order valence-electron chi connectivity index (χ2n) is 6.52. The van der Waals surface area contributed by atoms with Crippen LogP contribution >= 0.6 is 0 Å². The molecular formula is C17H22FN5O. The minimum Gasteiger partial charge on any atom is -0.341 e. The molecule has 1 aliphatic heterocycles. The van der Waals surface area contributed by atoms with Crippen LogP contribution in [0.3, 0.4) is 0 Å². The number of benzene rings is 1. The normalized spacial score (nSPS) is 17.0. The van der Waals surface area contributed by atoms with Crippen molar-refractivity contribution in [1.29, 1.82) is 0 Å². The van der Waals surface area contributed by atoms with Crippen molar-refractivity contribution < 1.29 is 9.18 Å². The van der Waals surface area contributed by atoms with Gasteiger partial charge in [0.2, 0.25) is 5.91 Å². The summed E-state index contributed by atoms with van der Waals surface area (Å²) in [7, 11) is 0. The maximum atomic E-state index is 13.1. The van der Waals surface area contributed by atoms with E-state index in [4.69, 9.17) is 0 Å². The lowest BCUT2D eigenvalue weighted by atomic mass is 9.97. The van der Waals surface area contributed by atoms with E-state index in [2.05, 4.69) is 22.4 Å². The van der Waals surface area contributed by atoms with E-state index in [0.717, 1.165) is 31.5 Å². The first-order chi connectivity index (χ1) is 11.5. The summed E-state index contributed by atoms with van der Waals surface area (Å²) < 4.78 is 14.7. The summed E-state index contributed by atoms with van der Waals surface area (Å²) in [5.74, 6) is 0.993. The molecule has 24 heavy (non-hydrogen) atoms. The zero-order chi connectivity index (χ0) is 17.1. The number of carbonyl (C=O) groups excluding carboxylic acids is 1. The molecule has 1 fully saturated rings. The van der Waals surface area contributed by atoms with Crippen LogP contribution in [0.15, 0.2) is 24.3 Å². The number of nitrogens with zero attached hydrogens (tertiary/aromatic N) is 5. The Labute approximate surface area is 140 Å². The Hall–Kier alpha value is -2.31. The number of halogens is 1. The molecule has 0 saturated carbocycles. The summed E-state index contributed by atoms with van der Waals surface area (Å²) in [6.45, 7) is 5.52. The molecule has 2 heterocycles. The molecule has 3 rings (SSSR count). The molecule has 0 spiro atoms. The molecule has 128 valence electrons. The minimum atomic E-state index is -0.501. The maximum Gasteiger partial charge on any atom is 0.247 e. The van der Waals surface area contributed by atoms with Crippen LogP contribution < -0.4 is 0 Å². The fourth-order valence-corrected chi connectivity index (χ4v) is 3.09. The SMILES string of the molecule is Cc1nnnn1[C@@H](Cc1ccc(F)cc1)C(=O)N1CCC(C)CC1. The van der Waals surface area contributed by atoms with Gasteiger partial charge in [0.1, 0.15) is 17.7 Å². The van der Waals surface area contributed by atoms with Crippen LogP contribution in [0.1, 0.15) is 37.2 Å². The molecule has 0 radical (unpaired) electrons. The Bertz CT molecular complexity index is 691. The first-order valence-corrected chi connectivity index (χ1v) is 8.32. The van der Waals surface area contributed by atoms with Crippen LogP contribution in [0, 0.1) is 18.7 Å². The molecule has 6 nitrogen and oxygen atoms in total. The van der Waals surface area contributed by atoms with Crippen molar-refractivity contribution in [2.45, 2.75) is 39.2 Å². The number of hydrogen-bond donors (Lipinski definition) is 0. The van der Waals surface area contributed by atoms with Crippen molar-refractivity contribution in [2.24, 2.45) is 5.92 Å². The molecule has 1 saturated heterocycles. The van der Waals surface area contributed by atoms with Gasteiger partial charge in [0.15, 0.2) is 0 Å². The van der Waals surface area contributed by atoms with E-state index in [9.17, 15) is 9.18 Å². The van der Waals surface area contributed by atoms with E-state index in [1.165, 1.54) is 12.1 Å². The Kier molecular flexibility index (Phi) is 4.87. The van der Waals surface area contributed by atoms with Gasteiger partial charge in [0.05, 0.1) is 0 Å². The molecule has 0 aliphatic carbocycles. The van der Waals surface area contributed by atoms with Gasteiger partial charge < -0.3 is 4.90 Å². The molecule has 1 amide bonds. The van der Waals surface area contributed by atoms with Crippen LogP contribution in [-0.4, -0.2) is 44.1 Å². The monoisotopic (exact) mass is 331 g/mol. The smallest absolute Gasteiger partial charge is 0.247 e. The highest BCUT2D eigenvalue weighted by Crippen LogP contribution is 2.22. The first-order valence-electron chi connectivity index (χ1n) is 8.32. The van der Waals surface area contributed by atoms with Gasteiger partial charge in [0, 0.05) is 19.5 Å². The van der Waals surface area contributed by atoms with Gasteiger partial charge in [-0.25, -0.2) is 9.07 Å². The van der Waals surface area contributed by atoms with Crippen molar-refractivity contribution in [3.05, 3.63) is 41.5 Å². The lowest BCUT2D eigenvalue weighted by molar-refractivity contribution is -0.136. The molecular weight excluding hydrogens is 309 g/mol. The maximum absolute atomic E-state index is 13.1. The molecule has 0 N–H and O–H groups in total. The van der Waals surface area contributed by atoms with Crippen LogP contribution in [0.4, 0.5) is 4.39 Å². The van der Waals surface area contributed by atoms with Crippen molar-refractivity contribution in [3.63, 3.8) is 0 Å². The fourth-order valence-electron chi connectivity index (χ4n) is 3.09. The zero-order valence-corrected chi connectivity index (χ0v) is 14.0. The average Bonchev–Trinajstić information content (AvgIpc) is 3.00. The van der Waals surface area contributed by atoms with Crippen molar-refractivity contribution in [1.82, 2.24) is 25.1 Å². The second kappa shape index (κ2) is 7.07. The van der Waals surface area contributed by atoms with Gasteiger partial charge in [-0.15, -0.1) is 5.10 Å². The highest BCUT2D eigenvalue weighted by Gasteiger charge is 2.30. The predicted molar refractivity (Wildman–Crippen MR) is 86.7 cm³/mol. The minimum absolute atomic E-state index is 0.0293. The molecule has 0 unspecified atom stereocenters.